The van der Waals surface area contributed by atoms with Crippen molar-refractivity contribution in [2.45, 2.75) is 5.16 Å². The third-order valence-electron chi connectivity index (χ3n) is 4.33. The van der Waals surface area contributed by atoms with Gasteiger partial charge >= 0.3 is 0 Å². The van der Waals surface area contributed by atoms with Crippen LogP contribution in [0.15, 0.2) is 88.5 Å². The van der Waals surface area contributed by atoms with E-state index >= 15 is 0 Å². The monoisotopic (exact) mass is 493 g/mol. The van der Waals surface area contributed by atoms with Crippen molar-refractivity contribution >= 4 is 45.1 Å². The van der Waals surface area contributed by atoms with E-state index in [1.807, 2.05) is 30.3 Å². The Balaban J connectivity index is 1.45. The van der Waals surface area contributed by atoms with Gasteiger partial charge < -0.3 is 5.32 Å². The number of benzene rings is 3. The third-order valence-corrected chi connectivity index (χ3v) is 5.77. The quantitative estimate of drug-likeness (QED) is 0.303. The number of anilines is 1. The average Bonchev–Trinajstić information content (AvgIpc) is 3.27. The molecule has 1 aromatic heterocycles. The van der Waals surface area contributed by atoms with Crippen LogP contribution in [0.1, 0.15) is 15.9 Å². The lowest BCUT2D eigenvalue weighted by atomic mass is 10.0. The summed E-state index contributed by atoms with van der Waals surface area (Å²) in [7, 11) is 0. The molecule has 31 heavy (non-hydrogen) atoms. The predicted octanol–water partition coefficient (Wildman–Crippen LogP) is 4.39. The Bertz CT molecular complexity index is 1210. The van der Waals surface area contributed by atoms with Gasteiger partial charge in [0.25, 0.3) is 0 Å². The maximum absolute atomic E-state index is 12.8. The molecule has 0 bridgehead atoms. The summed E-state index contributed by atoms with van der Waals surface area (Å²) in [6.07, 6.45) is 0. The number of hydrogen-bond donors (Lipinski definition) is 1. The minimum absolute atomic E-state index is 0.0881. The molecule has 9 heteroatoms. The number of nitrogens with one attached hydrogen (secondary N) is 1. The second kappa shape index (κ2) is 9.67. The van der Waals surface area contributed by atoms with Gasteiger partial charge in [-0.15, -0.1) is 5.10 Å². The molecular formula is C22H16BrN5O2S. The molecule has 1 amide bonds. The highest BCUT2D eigenvalue weighted by molar-refractivity contribution is 9.10. The van der Waals surface area contributed by atoms with Crippen LogP contribution in [-0.2, 0) is 4.79 Å². The molecule has 0 spiro atoms. The first-order chi connectivity index (χ1) is 15.1. The molecule has 4 aromatic rings. The summed E-state index contributed by atoms with van der Waals surface area (Å²) in [5.74, 6) is -0.322. The largest absolute Gasteiger partial charge is 0.325 e. The molecule has 0 fully saturated rings. The number of tetrazole rings is 1. The van der Waals surface area contributed by atoms with E-state index in [-0.39, 0.29) is 17.4 Å². The van der Waals surface area contributed by atoms with Crippen molar-refractivity contribution < 1.29 is 9.59 Å². The van der Waals surface area contributed by atoms with E-state index in [9.17, 15) is 9.59 Å². The highest BCUT2D eigenvalue weighted by atomic mass is 79.9. The third kappa shape index (κ3) is 5.07. The Hall–Kier alpha value is -3.30. The summed E-state index contributed by atoms with van der Waals surface area (Å²) in [4.78, 5) is 25.4. The van der Waals surface area contributed by atoms with Crippen LogP contribution >= 0.6 is 27.7 Å². The Morgan fingerprint density at radius 1 is 0.935 bits per heavy atom. The zero-order valence-electron chi connectivity index (χ0n) is 16.1. The summed E-state index contributed by atoms with van der Waals surface area (Å²) in [5.41, 5.74) is 2.25. The standard InChI is InChI=1S/C22H16BrN5O2S/c23-16-10-12-17(13-11-16)28-22(25-26-27-28)31-14-20(29)24-19-9-5-4-8-18(19)21(30)15-6-2-1-3-7-15/h1-13H,14H2,(H,24,29). The lowest BCUT2D eigenvalue weighted by Gasteiger charge is -2.10. The van der Waals surface area contributed by atoms with Crippen LogP contribution in [0.25, 0.3) is 5.69 Å². The van der Waals surface area contributed by atoms with E-state index in [1.165, 1.54) is 11.8 Å². The molecule has 154 valence electrons. The van der Waals surface area contributed by atoms with Crippen LogP contribution < -0.4 is 5.32 Å². The van der Waals surface area contributed by atoms with E-state index in [4.69, 9.17) is 0 Å². The summed E-state index contributed by atoms with van der Waals surface area (Å²) in [5, 5.41) is 15.0. The molecule has 1 N–H and O–H groups in total. The van der Waals surface area contributed by atoms with E-state index in [2.05, 4.69) is 36.8 Å². The fourth-order valence-electron chi connectivity index (χ4n) is 2.86. The molecule has 0 saturated heterocycles. The zero-order valence-corrected chi connectivity index (χ0v) is 18.5. The normalized spacial score (nSPS) is 10.6. The summed E-state index contributed by atoms with van der Waals surface area (Å²) in [6.45, 7) is 0. The van der Waals surface area contributed by atoms with Crippen LogP contribution in [0, 0.1) is 0 Å². The van der Waals surface area contributed by atoms with Gasteiger partial charge in [-0.25, -0.2) is 0 Å². The van der Waals surface area contributed by atoms with E-state index in [0.29, 0.717) is 22.0 Å². The van der Waals surface area contributed by atoms with Crippen molar-refractivity contribution in [3.8, 4) is 5.69 Å². The predicted molar refractivity (Wildman–Crippen MR) is 123 cm³/mol. The van der Waals surface area contributed by atoms with Crippen LogP contribution in [0.3, 0.4) is 0 Å². The minimum Gasteiger partial charge on any atom is -0.325 e. The first kappa shape index (κ1) is 21.0. The number of hydrogen-bond acceptors (Lipinski definition) is 6. The van der Waals surface area contributed by atoms with Gasteiger partial charge in [-0.3, -0.25) is 9.59 Å². The van der Waals surface area contributed by atoms with Crippen LogP contribution in [0.4, 0.5) is 5.69 Å². The minimum atomic E-state index is -0.260. The molecule has 3 aromatic carbocycles. The Morgan fingerprint density at radius 2 is 1.65 bits per heavy atom. The number of nitrogens with zero attached hydrogens (tertiary/aromatic N) is 4. The Labute approximate surface area is 191 Å². The average molecular weight is 494 g/mol. The molecule has 4 rings (SSSR count). The van der Waals surface area contributed by atoms with Gasteiger partial charge in [0.1, 0.15) is 0 Å². The van der Waals surface area contributed by atoms with Crippen LogP contribution in [0.5, 0.6) is 0 Å². The molecule has 7 nitrogen and oxygen atoms in total. The zero-order chi connectivity index (χ0) is 21.6. The van der Waals surface area contributed by atoms with Crippen molar-refractivity contribution in [1.82, 2.24) is 20.2 Å². The number of para-hydroxylation sites is 1. The Morgan fingerprint density at radius 3 is 2.42 bits per heavy atom. The van der Waals surface area contributed by atoms with Crippen molar-refractivity contribution in [2.75, 3.05) is 11.1 Å². The number of ketones is 1. The molecule has 0 saturated carbocycles. The van der Waals surface area contributed by atoms with Gasteiger partial charge in [0.05, 0.1) is 17.1 Å². The van der Waals surface area contributed by atoms with Gasteiger partial charge in [0.15, 0.2) is 5.78 Å². The van der Waals surface area contributed by atoms with E-state index in [0.717, 1.165) is 10.2 Å². The lowest BCUT2D eigenvalue weighted by molar-refractivity contribution is -0.113. The van der Waals surface area contributed by atoms with Gasteiger partial charge in [-0.1, -0.05) is 70.2 Å². The van der Waals surface area contributed by atoms with Crippen molar-refractivity contribution in [2.24, 2.45) is 0 Å². The second-order valence-electron chi connectivity index (χ2n) is 6.43. The molecular weight excluding hydrogens is 478 g/mol. The second-order valence-corrected chi connectivity index (χ2v) is 8.29. The number of aromatic nitrogens is 4. The van der Waals surface area contributed by atoms with Gasteiger partial charge in [0.2, 0.25) is 11.1 Å². The van der Waals surface area contributed by atoms with Gasteiger partial charge in [-0.2, -0.15) is 4.68 Å². The molecule has 0 unspecified atom stereocenters. The number of carbonyl (C=O) groups excluding carboxylic acids is 2. The number of thioether (sulfide) groups is 1. The summed E-state index contributed by atoms with van der Waals surface area (Å²) in [6, 6.07) is 23.4. The molecule has 0 radical (unpaired) electrons. The van der Waals surface area contributed by atoms with Crippen molar-refractivity contribution in [3.63, 3.8) is 0 Å². The van der Waals surface area contributed by atoms with Gasteiger partial charge in [-0.05, 0) is 46.8 Å². The number of carbonyl (C=O) groups is 2. The maximum atomic E-state index is 12.8. The fourth-order valence-corrected chi connectivity index (χ4v) is 3.82. The highest BCUT2D eigenvalue weighted by Crippen LogP contribution is 2.22. The van der Waals surface area contributed by atoms with Crippen LogP contribution in [0.2, 0.25) is 0 Å². The topological polar surface area (TPSA) is 89.8 Å². The number of amides is 1. The molecule has 0 aliphatic carbocycles. The van der Waals surface area contributed by atoms with Crippen molar-refractivity contribution in [3.05, 3.63) is 94.5 Å². The molecule has 0 aliphatic heterocycles. The molecule has 0 atom stereocenters. The van der Waals surface area contributed by atoms with Crippen molar-refractivity contribution in [1.29, 1.82) is 0 Å². The number of halogens is 1. The fraction of sp³-hybridized carbons (Fsp3) is 0.0455. The first-order valence-electron chi connectivity index (χ1n) is 9.27. The van der Waals surface area contributed by atoms with E-state index in [1.54, 1.807) is 53.2 Å². The molecule has 1 heterocycles. The maximum Gasteiger partial charge on any atom is 0.234 e. The number of rotatable bonds is 7. The first-order valence-corrected chi connectivity index (χ1v) is 11.1. The Kier molecular flexibility index (Phi) is 6.54. The summed E-state index contributed by atoms with van der Waals surface area (Å²) >= 11 is 4.61. The van der Waals surface area contributed by atoms with Gasteiger partial charge in [0, 0.05) is 15.6 Å². The van der Waals surface area contributed by atoms with Crippen LogP contribution in [-0.4, -0.2) is 37.7 Å². The summed E-state index contributed by atoms with van der Waals surface area (Å²) < 4.78 is 2.51. The highest BCUT2D eigenvalue weighted by Gasteiger charge is 2.16. The van der Waals surface area contributed by atoms with E-state index < -0.39 is 0 Å². The SMILES string of the molecule is O=C(CSc1nnnn1-c1ccc(Br)cc1)Nc1ccccc1C(=O)c1ccccc1. The molecule has 0 aliphatic rings. The smallest absolute Gasteiger partial charge is 0.234 e. The lowest BCUT2D eigenvalue weighted by Crippen LogP contribution is -2.17.